The molecule has 4 heteroatoms. The van der Waals surface area contributed by atoms with Crippen LogP contribution in [-0.4, -0.2) is 13.1 Å². The van der Waals surface area contributed by atoms with Crippen molar-refractivity contribution in [2.45, 2.75) is 12.5 Å². The number of aryl methyl sites for hydroxylation is 1. The predicted octanol–water partition coefficient (Wildman–Crippen LogP) is 5.66. The molecule has 3 aromatic carbocycles. The van der Waals surface area contributed by atoms with Crippen LogP contribution in [0.2, 0.25) is 0 Å². The van der Waals surface area contributed by atoms with Gasteiger partial charge in [0.2, 0.25) is 0 Å². The Bertz CT molecular complexity index is 1090. The van der Waals surface area contributed by atoms with Crippen LogP contribution in [0.1, 0.15) is 16.7 Å². The SMILES string of the molecule is C=C1ON(c2ccc(C)cc2)C(/C=C/c2ccccc2)(c2ccccc2)C1C(=O)OC. The molecule has 0 amide bonds. The van der Waals surface area contributed by atoms with E-state index in [9.17, 15) is 4.79 Å². The summed E-state index contributed by atoms with van der Waals surface area (Å²) >= 11 is 0. The number of hydroxylamine groups is 1. The Morgan fingerprint density at radius 2 is 1.61 bits per heavy atom. The molecular formula is C27H25NO3. The normalized spacial score (nSPS) is 20.6. The fourth-order valence-electron chi connectivity index (χ4n) is 4.02. The summed E-state index contributed by atoms with van der Waals surface area (Å²) in [6.07, 6.45) is 4.02. The second-order valence-electron chi connectivity index (χ2n) is 7.58. The molecule has 0 radical (unpaired) electrons. The molecule has 4 nitrogen and oxygen atoms in total. The molecule has 1 heterocycles. The molecule has 2 atom stereocenters. The highest BCUT2D eigenvalue weighted by Crippen LogP contribution is 2.50. The van der Waals surface area contributed by atoms with E-state index in [1.54, 1.807) is 5.06 Å². The molecular weight excluding hydrogens is 386 g/mol. The van der Waals surface area contributed by atoms with E-state index in [1.165, 1.54) is 7.11 Å². The maximum atomic E-state index is 13.0. The molecule has 0 spiro atoms. The summed E-state index contributed by atoms with van der Waals surface area (Å²) in [5, 5.41) is 1.77. The van der Waals surface area contributed by atoms with Gasteiger partial charge in [-0.15, -0.1) is 0 Å². The number of esters is 1. The van der Waals surface area contributed by atoms with Crippen molar-refractivity contribution in [3.8, 4) is 0 Å². The van der Waals surface area contributed by atoms with Gasteiger partial charge in [-0.25, -0.2) is 0 Å². The van der Waals surface area contributed by atoms with Gasteiger partial charge in [0.05, 0.1) is 12.8 Å². The van der Waals surface area contributed by atoms with E-state index in [2.05, 4.69) is 6.58 Å². The van der Waals surface area contributed by atoms with Crippen LogP contribution >= 0.6 is 0 Å². The number of methoxy groups -OCH3 is 1. The first-order valence-corrected chi connectivity index (χ1v) is 10.2. The van der Waals surface area contributed by atoms with Crippen molar-refractivity contribution in [3.05, 3.63) is 120 Å². The number of anilines is 1. The summed E-state index contributed by atoms with van der Waals surface area (Å²) in [5.41, 5.74) is 2.90. The van der Waals surface area contributed by atoms with E-state index in [-0.39, 0.29) is 0 Å². The van der Waals surface area contributed by atoms with Crippen molar-refractivity contribution >= 4 is 17.7 Å². The highest BCUT2D eigenvalue weighted by molar-refractivity contribution is 5.81. The van der Waals surface area contributed by atoms with Gasteiger partial charge < -0.3 is 9.57 Å². The topological polar surface area (TPSA) is 38.8 Å². The Labute approximate surface area is 183 Å². The van der Waals surface area contributed by atoms with Crippen LogP contribution < -0.4 is 5.06 Å². The molecule has 1 saturated heterocycles. The van der Waals surface area contributed by atoms with Gasteiger partial charge in [0.1, 0.15) is 11.3 Å². The van der Waals surface area contributed by atoms with E-state index in [4.69, 9.17) is 9.57 Å². The van der Waals surface area contributed by atoms with Gasteiger partial charge >= 0.3 is 5.97 Å². The maximum absolute atomic E-state index is 13.0. The van der Waals surface area contributed by atoms with Crippen molar-refractivity contribution in [3.63, 3.8) is 0 Å². The van der Waals surface area contributed by atoms with Gasteiger partial charge in [0, 0.05) is 0 Å². The quantitative estimate of drug-likeness (QED) is 0.508. The monoisotopic (exact) mass is 411 g/mol. The van der Waals surface area contributed by atoms with E-state index >= 15 is 0 Å². The first-order chi connectivity index (χ1) is 15.1. The zero-order valence-corrected chi connectivity index (χ0v) is 17.7. The van der Waals surface area contributed by atoms with Crippen molar-refractivity contribution in [1.29, 1.82) is 0 Å². The lowest BCUT2D eigenvalue weighted by Crippen LogP contribution is -2.46. The second kappa shape index (κ2) is 8.52. The molecule has 1 aliphatic heterocycles. The van der Waals surface area contributed by atoms with E-state index in [0.717, 1.165) is 22.4 Å². The van der Waals surface area contributed by atoms with Crippen LogP contribution in [0.25, 0.3) is 6.08 Å². The number of hydrogen-bond donors (Lipinski definition) is 0. The average Bonchev–Trinajstić information content (AvgIpc) is 3.12. The fraction of sp³-hybridized carbons (Fsp3) is 0.148. The highest BCUT2D eigenvalue weighted by Gasteiger charge is 2.57. The van der Waals surface area contributed by atoms with Gasteiger partial charge in [-0.1, -0.05) is 91.0 Å². The third-order valence-corrected chi connectivity index (χ3v) is 5.58. The van der Waals surface area contributed by atoms with Gasteiger partial charge in [-0.2, -0.15) is 5.06 Å². The predicted molar refractivity (Wildman–Crippen MR) is 123 cm³/mol. The Morgan fingerprint density at radius 3 is 2.23 bits per heavy atom. The van der Waals surface area contributed by atoms with Crippen LogP contribution in [0.5, 0.6) is 0 Å². The number of benzene rings is 3. The fourth-order valence-corrected chi connectivity index (χ4v) is 4.02. The highest BCUT2D eigenvalue weighted by atomic mass is 16.7. The Balaban J connectivity index is 1.97. The minimum Gasteiger partial charge on any atom is -0.468 e. The minimum absolute atomic E-state index is 0.342. The van der Waals surface area contributed by atoms with Crippen LogP contribution in [0.3, 0.4) is 0 Å². The molecule has 31 heavy (non-hydrogen) atoms. The summed E-state index contributed by atoms with van der Waals surface area (Å²) in [6.45, 7) is 6.11. The van der Waals surface area contributed by atoms with Crippen LogP contribution in [0.15, 0.2) is 103 Å². The number of hydrogen-bond acceptors (Lipinski definition) is 4. The van der Waals surface area contributed by atoms with Gasteiger partial charge in [-0.05, 0) is 36.3 Å². The second-order valence-corrected chi connectivity index (χ2v) is 7.58. The zero-order valence-electron chi connectivity index (χ0n) is 17.7. The lowest BCUT2D eigenvalue weighted by Gasteiger charge is -2.37. The van der Waals surface area contributed by atoms with Gasteiger partial charge in [-0.3, -0.25) is 4.79 Å². The van der Waals surface area contributed by atoms with Crippen molar-refractivity contribution in [1.82, 2.24) is 0 Å². The summed E-state index contributed by atoms with van der Waals surface area (Å²) < 4.78 is 5.20. The maximum Gasteiger partial charge on any atom is 0.319 e. The number of rotatable bonds is 5. The summed E-state index contributed by atoms with van der Waals surface area (Å²) in [5.74, 6) is -0.809. The first-order valence-electron chi connectivity index (χ1n) is 10.2. The van der Waals surface area contributed by atoms with E-state index in [0.29, 0.717) is 5.76 Å². The number of ether oxygens (including phenoxy) is 1. The van der Waals surface area contributed by atoms with Gasteiger partial charge in [0.15, 0.2) is 5.92 Å². The molecule has 0 N–H and O–H groups in total. The molecule has 1 aliphatic rings. The Morgan fingerprint density at radius 1 is 1.00 bits per heavy atom. The van der Waals surface area contributed by atoms with E-state index < -0.39 is 17.4 Å². The molecule has 2 unspecified atom stereocenters. The Kier molecular flexibility index (Phi) is 5.63. The summed E-state index contributed by atoms with van der Waals surface area (Å²) in [6, 6.07) is 27.8. The zero-order chi connectivity index (χ0) is 21.8. The van der Waals surface area contributed by atoms with Crippen LogP contribution in [-0.2, 0) is 19.9 Å². The largest absolute Gasteiger partial charge is 0.468 e. The number of carbonyl (C=O) groups is 1. The van der Waals surface area contributed by atoms with Crippen molar-refractivity contribution in [2.75, 3.05) is 12.2 Å². The number of carbonyl (C=O) groups excluding carboxylic acids is 1. The molecule has 0 bridgehead atoms. The van der Waals surface area contributed by atoms with Crippen LogP contribution in [0, 0.1) is 12.8 Å². The van der Waals surface area contributed by atoms with Crippen LogP contribution in [0.4, 0.5) is 5.69 Å². The smallest absolute Gasteiger partial charge is 0.319 e. The standard InChI is InChI=1S/C27H25NO3/c1-20-14-16-24(17-15-20)28-27(23-12-8-5-9-13-23,19-18-22-10-6-4-7-11-22)25(21(2)31-28)26(29)30-3/h4-19,25H,2H2,1,3H3/b19-18+. The van der Waals surface area contributed by atoms with Crippen molar-refractivity contribution < 1.29 is 14.4 Å². The molecule has 1 fully saturated rings. The average molecular weight is 412 g/mol. The Hall–Kier alpha value is -3.79. The lowest BCUT2D eigenvalue weighted by molar-refractivity contribution is -0.145. The molecule has 0 saturated carbocycles. The number of nitrogens with zero attached hydrogens (tertiary/aromatic N) is 1. The lowest BCUT2D eigenvalue weighted by atomic mass is 9.76. The van der Waals surface area contributed by atoms with Gasteiger partial charge in [0.25, 0.3) is 0 Å². The molecule has 0 aromatic heterocycles. The first kappa shape index (κ1) is 20.5. The summed E-state index contributed by atoms with van der Waals surface area (Å²) in [7, 11) is 1.39. The molecule has 3 aromatic rings. The minimum atomic E-state index is -0.976. The van der Waals surface area contributed by atoms with Crippen molar-refractivity contribution in [2.24, 2.45) is 5.92 Å². The molecule has 4 rings (SSSR count). The third kappa shape index (κ3) is 3.73. The molecule has 156 valence electrons. The summed E-state index contributed by atoms with van der Waals surface area (Å²) in [4.78, 5) is 19.2. The third-order valence-electron chi connectivity index (χ3n) is 5.58. The molecule has 0 aliphatic carbocycles. The van der Waals surface area contributed by atoms with E-state index in [1.807, 2.05) is 104 Å².